The summed E-state index contributed by atoms with van der Waals surface area (Å²) < 4.78 is 0. The average molecular weight is 228 g/mol. The van der Waals surface area contributed by atoms with Gasteiger partial charge in [-0.15, -0.1) is 0 Å². The molecule has 18 heavy (non-hydrogen) atoms. The molecular formula is C16H8N2. The average Bonchev–Trinajstić information content (AvgIpc) is 2.43. The first kappa shape index (κ1) is 10.3. The lowest BCUT2D eigenvalue weighted by Gasteiger charge is -2.04. The van der Waals surface area contributed by atoms with Gasteiger partial charge in [0.2, 0.25) is 0 Å². The van der Waals surface area contributed by atoms with E-state index in [4.69, 9.17) is 10.5 Å². The summed E-state index contributed by atoms with van der Waals surface area (Å²) in [6.07, 6.45) is 0. The van der Waals surface area contributed by atoms with E-state index < -0.39 is 0 Å². The van der Waals surface area contributed by atoms with Crippen LogP contribution >= 0.6 is 0 Å². The van der Waals surface area contributed by atoms with Gasteiger partial charge in [0, 0.05) is 5.39 Å². The number of rotatable bonds is 0. The number of hydrogen-bond donors (Lipinski definition) is 0. The van der Waals surface area contributed by atoms with E-state index >= 15 is 0 Å². The summed E-state index contributed by atoms with van der Waals surface area (Å²) in [4.78, 5) is 0. The van der Waals surface area contributed by atoms with Crippen LogP contribution in [0.15, 0.2) is 48.5 Å². The maximum absolute atomic E-state index is 9.17. The maximum Gasteiger partial charge on any atom is 0.0998 e. The molecule has 3 aromatic carbocycles. The number of nitrogens with zero attached hydrogens (tertiary/aromatic N) is 2. The third-order valence-corrected chi connectivity index (χ3v) is 3.07. The predicted octanol–water partition coefficient (Wildman–Crippen LogP) is 3.74. The van der Waals surface area contributed by atoms with E-state index in [0.29, 0.717) is 11.1 Å². The summed E-state index contributed by atoms with van der Waals surface area (Å²) in [5.74, 6) is 0. The van der Waals surface area contributed by atoms with E-state index in [1.165, 1.54) is 0 Å². The van der Waals surface area contributed by atoms with Crippen LogP contribution in [0.2, 0.25) is 0 Å². The lowest BCUT2D eigenvalue weighted by molar-refractivity contribution is 1.47. The highest BCUT2D eigenvalue weighted by molar-refractivity contribution is 6.01. The predicted molar refractivity (Wildman–Crippen MR) is 70.9 cm³/mol. The minimum atomic E-state index is 0.523. The van der Waals surface area contributed by atoms with E-state index in [9.17, 15) is 0 Å². The van der Waals surface area contributed by atoms with Crippen LogP contribution in [0.3, 0.4) is 0 Å². The highest BCUT2D eigenvalue weighted by Gasteiger charge is 2.05. The smallest absolute Gasteiger partial charge is 0.0998 e. The SMILES string of the molecule is N#Cc1cc(C#N)c2cc3ccccc3cc2c1. The van der Waals surface area contributed by atoms with Crippen LogP contribution in [0.1, 0.15) is 11.1 Å². The molecule has 0 amide bonds. The monoisotopic (exact) mass is 228 g/mol. The van der Waals surface area contributed by atoms with Gasteiger partial charge < -0.3 is 0 Å². The number of nitriles is 2. The van der Waals surface area contributed by atoms with Crippen molar-refractivity contribution in [2.75, 3.05) is 0 Å². The van der Waals surface area contributed by atoms with E-state index in [2.05, 4.69) is 12.1 Å². The van der Waals surface area contributed by atoms with Gasteiger partial charge >= 0.3 is 0 Å². The summed E-state index contributed by atoms with van der Waals surface area (Å²) in [6.45, 7) is 0. The normalized spacial score (nSPS) is 10.1. The Morgan fingerprint density at radius 3 is 2.11 bits per heavy atom. The second kappa shape index (κ2) is 3.87. The number of fused-ring (bicyclic) bond motifs is 2. The zero-order chi connectivity index (χ0) is 12.5. The standard InChI is InChI=1S/C16H8N2/c17-9-11-5-14-7-12-3-1-2-4-13(12)8-16(14)15(6-11)10-18/h1-8H. The molecule has 3 aromatic rings. The molecule has 0 unspecified atom stereocenters. The largest absolute Gasteiger partial charge is 0.192 e. The van der Waals surface area contributed by atoms with Crippen molar-refractivity contribution in [3.8, 4) is 12.1 Å². The van der Waals surface area contributed by atoms with Gasteiger partial charge in [0.15, 0.2) is 0 Å². The molecule has 0 aliphatic rings. The summed E-state index contributed by atoms with van der Waals surface area (Å²) >= 11 is 0. The van der Waals surface area contributed by atoms with Gasteiger partial charge in [-0.1, -0.05) is 24.3 Å². The van der Waals surface area contributed by atoms with Crippen molar-refractivity contribution in [1.29, 1.82) is 10.5 Å². The molecule has 2 heteroatoms. The zero-order valence-electron chi connectivity index (χ0n) is 9.51. The van der Waals surface area contributed by atoms with Crippen molar-refractivity contribution in [3.05, 3.63) is 59.7 Å². The number of hydrogen-bond acceptors (Lipinski definition) is 2. The summed E-state index contributed by atoms with van der Waals surface area (Å²) in [7, 11) is 0. The molecule has 0 spiro atoms. The van der Waals surface area contributed by atoms with Crippen molar-refractivity contribution in [1.82, 2.24) is 0 Å². The molecule has 0 aliphatic heterocycles. The first-order valence-corrected chi connectivity index (χ1v) is 5.58. The van der Waals surface area contributed by atoms with Crippen LogP contribution in [0.25, 0.3) is 21.5 Å². The van der Waals surface area contributed by atoms with Crippen LogP contribution in [0.5, 0.6) is 0 Å². The fourth-order valence-corrected chi connectivity index (χ4v) is 2.21. The Balaban J connectivity index is 2.51. The van der Waals surface area contributed by atoms with Gasteiger partial charge in [-0.2, -0.15) is 10.5 Å². The van der Waals surface area contributed by atoms with Crippen molar-refractivity contribution in [2.45, 2.75) is 0 Å². The van der Waals surface area contributed by atoms with Gasteiger partial charge in [-0.25, -0.2) is 0 Å². The van der Waals surface area contributed by atoms with Gasteiger partial charge in [-0.3, -0.25) is 0 Å². The molecular weight excluding hydrogens is 220 g/mol. The minimum absolute atomic E-state index is 0.523. The molecule has 0 aromatic heterocycles. The summed E-state index contributed by atoms with van der Waals surface area (Å²) in [5, 5.41) is 22.2. The Labute approximate surface area is 104 Å². The van der Waals surface area contributed by atoms with Crippen molar-refractivity contribution < 1.29 is 0 Å². The van der Waals surface area contributed by atoms with Crippen LogP contribution in [0.4, 0.5) is 0 Å². The molecule has 0 aliphatic carbocycles. The second-order valence-corrected chi connectivity index (χ2v) is 4.17. The summed E-state index contributed by atoms with van der Waals surface area (Å²) in [6, 6.07) is 19.7. The van der Waals surface area contributed by atoms with Crippen molar-refractivity contribution in [3.63, 3.8) is 0 Å². The molecule has 3 rings (SSSR count). The molecule has 0 radical (unpaired) electrons. The first-order valence-electron chi connectivity index (χ1n) is 5.58. The quantitative estimate of drug-likeness (QED) is 0.550. The molecule has 0 atom stereocenters. The van der Waals surface area contributed by atoms with Crippen molar-refractivity contribution in [2.24, 2.45) is 0 Å². The van der Waals surface area contributed by atoms with E-state index in [0.717, 1.165) is 21.5 Å². The Hall–Kier alpha value is -2.84. The lowest BCUT2D eigenvalue weighted by Crippen LogP contribution is -1.84. The molecule has 0 N–H and O–H groups in total. The topological polar surface area (TPSA) is 47.6 Å². The fourth-order valence-electron chi connectivity index (χ4n) is 2.21. The van der Waals surface area contributed by atoms with Gasteiger partial charge in [0.25, 0.3) is 0 Å². The van der Waals surface area contributed by atoms with Crippen LogP contribution in [-0.4, -0.2) is 0 Å². The molecule has 0 fully saturated rings. The Kier molecular flexibility index (Phi) is 2.22. The zero-order valence-corrected chi connectivity index (χ0v) is 9.51. The van der Waals surface area contributed by atoms with E-state index in [1.54, 1.807) is 6.07 Å². The molecule has 82 valence electrons. The fraction of sp³-hybridized carbons (Fsp3) is 0. The van der Waals surface area contributed by atoms with Gasteiger partial charge in [0.1, 0.15) is 0 Å². The minimum Gasteiger partial charge on any atom is -0.192 e. The highest BCUT2D eigenvalue weighted by Crippen LogP contribution is 2.26. The van der Waals surface area contributed by atoms with Gasteiger partial charge in [-0.05, 0) is 40.4 Å². The molecule has 0 saturated carbocycles. The number of benzene rings is 3. The molecule has 0 saturated heterocycles. The third kappa shape index (κ3) is 1.49. The highest BCUT2D eigenvalue weighted by atomic mass is 14.3. The molecule has 0 heterocycles. The Morgan fingerprint density at radius 2 is 1.44 bits per heavy atom. The van der Waals surface area contributed by atoms with Crippen LogP contribution in [-0.2, 0) is 0 Å². The van der Waals surface area contributed by atoms with Gasteiger partial charge in [0.05, 0.1) is 23.3 Å². The Bertz CT molecular complexity index is 848. The maximum atomic E-state index is 9.17. The van der Waals surface area contributed by atoms with E-state index in [1.807, 2.05) is 42.5 Å². The lowest BCUT2D eigenvalue weighted by atomic mass is 9.98. The van der Waals surface area contributed by atoms with Crippen molar-refractivity contribution >= 4 is 21.5 Å². The molecule has 2 nitrogen and oxygen atoms in total. The van der Waals surface area contributed by atoms with Crippen LogP contribution in [0, 0.1) is 22.7 Å². The Morgan fingerprint density at radius 1 is 0.722 bits per heavy atom. The van der Waals surface area contributed by atoms with Crippen LogP contribution < -0.4 is 0 Å². The first-order chi connectivity index (χ1) is 8.81. The second-order valence-electron chi connectivity index (χ2n) is 4.17. The summed E-state index contributed by atoms with van der Waals surface area (Å²) in [5.41, 5.74) is 1.07. The molecule has 0 bridgehead atoms. The third-order valence-electron chi connectivity index (χ3n) is 3.07. The van der Waals surface area contributed by atoms with E-state index in [-0.39, 0.29) is 0 Å².